The highest BCUT2D eigenvalue weighted by atomic mass is 32.1. The first kappa shape index (κ1) is 21.9. The maximum Gasteiger partial charge on any atom is 0.326 e. The van der Waals surface area contributed by atoms with Crippen LogP contribution < -0.4 is 21.3 Å². The van der Waals surface area contributed by atoms with Gasteiger partial charge in [0, 0.05) is 36.6 Å². The van der Waals surface area contributed by atoms with Crippen LogP contribution in [0.15, 0.2) is 54.6 Å². The van der Waals surface area contributed by atoms with Gasteiger partial charge in [-0.15, -0.1) is 11.3 Å². The number of carbonyl (C=O) groups is 3. The van der Waals surface area contributed by atoms with E-state index in [1.54, 1.807) is 35.2 Å². The number of pyridine rings is 1. The highest BCUT2D eigenvalue weighted by Gasteiger charge is 2.25. The monoisotopic (exact) mass is 500 g/mol. The van der Waals surface area contributed by atoms with Crippen molar-refractivity contribution in [2.24, 2.45) is 0 Å². The summed E-state index contributed by atoms with van der Waals surface area (Å²) in [4.78, 5) is 46.4. The fraction of sp³-hybridized carbons (Fsp3) is 0.167. The van der Waals surface area contributed by atoms with Gasteiger partial charge in [0.25, 0.3) is 11.8 Å². The van der Waals surface area contributed by atoms with Crippen molar-refractivity contribution >= 4 is 46.7 Å². The molecular formula is C24H20N8O3S. The van der Waals surface area contributed by atoms with Crippen LogP contribution in [0.1, 0.15) is 33.6 Å². The van der Waals surface area contributed by atoms with Crippen molar-refractivity contribution in [2.75, 3.05) is 5.32 Å². The molecule has 4 aromatic rings. The molecule has 0 bridgehead atoms. The Morgan fingerprint density at radius 2 is 2.00 bits per heavy atom. The summed E-state index contributed by atoms with van der Waals surface area (Å²) in [5, 5.41) is 15.5. The molecule has 4 aromatic heterocycles. The predicted molar refractivity (Wildman–Crippen MR) is 133 cm³/mol. The lowest BCUT2D eigenvalue weighted by Crippen LogP contribution is -2.22. The predicted octanol–water partition coefficient (Wildman–Crippen LogP) is 2.54. The average molecular weight is 501 g/mol. The van der Waals surface area contributed by atoms with E-state index >= 15 is 0 Å². The fourth-order valence-electron chi connectivity index (χ4n) is 3.75. The number of hydrogen-bond acceptors (Lipinski definition) is 8. The molecule has 1 aliphatic carbocycles. The van der Waals surface area contributed by atoms with Gasteiger partial charge in [-0.1, -0.05) is 0 Å². The Hall–Kier alpha value is -4.58. The van der Waals surface area contributed by atoms with Gasteiger partial charge in [-0.25, -0.2) is 9.78 Å². The molecule has 0 spiro atoms. The maximum atomic E-state index is 12.7. The summed E-state index contributed by atoms with van der Waals surface area (Å²) in [7, 11) is 0. The van der Waals surface area contributed by atoms with Gasteiger partial charge in [-0.2, -0.15) is 9.61 Å². The first-order valence-corrected chi connectivity index (χ1v) is 12.1. The molecule has 4 amide bonds. The van der Waals surface area contributed by atoms with Gasteiger partial charge in [0.15, 0.2) is 5.65 Å². The van der Waals surface area contributed by atoms with Gasteiger partial charge in [-0.3, -0.25) is 19.9 Å². The topological polar surface area (TPSA) is 142 Å². The molecule has 1 saturated heterocycles. The minimum absolute atomic E-state index is 0.128. The van der Waals surface area contributed by atoms with Gasteiger partial charge >= 0.3 is 6.03 Å². The second-order valence-electron chi connectivity index (χ2n) is 8.45. The molecule has 0 unspecified atom stereocenters. The number of aromatic nitrogens is 4. The highest BCUT2D eigenvalue weighted by Crippen LogP contribution is 2.32. The number of amides is 4. The summed E-state index contributed by atoms with van der Waals surface area (Å²) in [6.45, 7) is 0.409. The van der Waals surface area contributed by atoms with Crippen LogP contribution >= 0.6 is 11.3 Å². The van der Waals surface area contributed by atoms with Gasteiger partial charge in [0.2, 0.25) is 0 Å². The van der Waals surface area contributed by atoms with Crippen LogP contribution in [0.25, 0.3) is 22.3 Å². The Morgan fingerprint density at radius 1 is 1.17 bits per heavy atom. The van der Waals surface area contributed by atoms with Crippen LogP contribution in [-0.2, 0) is 11.3 Å². The van der Waals surface area contributed by atoms with Gasteiger partial charge in [0.1, 0.15) is 11.5 Å². The Bertz CT molecular complexity index is 1540. The van der Waals surface area contributed by atoms with E-state index < -0.39 is 11.9 Å². The lowest BCUT2D eigenvalue weighted by Gasteiger charge is -2.09. The number of urea groups is 1. The van der Waals surface area contributed by atoms with E-state index in [0.717, 1.165) is 29.1 Å². The SMILES string of the molecule is O=C1NC(=O)/C(=C/c2cnn3c(NC4CC4)cc(-c4ccc(C(=O)NCc5ccncc5)s4)nc23)N1. The molecule has 11 nitrogen and oxygen atoms in total. The van der Waals surface area contributed by atoms with Crippen LogP contribution in [0.2, 0.25) is 0 Å². The second-order valence-corrected chi connectivity index (χ2v) is 9.53. The Kier molecular flexibility index (Phi) is 5.41. The van der Waals surface area contributed by atoms with Crippen molar-refractivity contribution in [1.29, 1.82) is 0 Å². The normalized spacial score (nSPS) is 16.3. The van der Waals surface area contributed by atoms with Crippen LogP contribution in [0.5, 0.6) is 0 Å². The smallest absolute Gasteiger partial charge is 0.326 e. The number of nitrogens with one attached hydrogen (secondary N) is 4. The van der Waals surface area contributed by atoms with Gasteiger partial charge in [0.05, 0.1) is 21.6 Å². The van der Waals surface area contributed by atoms with Crippen molar-refractivity contribution in [3.63, 3.8) is 0 Å². The van der Waals surface area contributed by atoms with Crippen molar-refractivity contribution in [1.82, 2.24) is 35.5 Å². The number of rotatable bonds is 7. The molecule has 2 aliphatic rings. The summed E-state index contributed by atoms with van der Waals surface area (Å²) in [6, 6.07) is 9.06. The maximum absolute atomic E-state index is 12.7. The fourth-order valence-corrected chi connectivity index (χ4v) is 4.64. The Labute approximate surface area is 208 Å². The number of anilines is 1. The number of thiophene rings is 1. The van der Waals surface area contributed by atoms with Crippen LogP contribution in [-0.4, -0.2) is 43.5 Å². The molecule has 36 heavy (non-hydrogen) atoms. The molecular weight excluding hydrogens is 480 g/mol. The standard InChI is InChI=1S/C24H20N8O3S/c33-22-17(30-24(35)31-22)9-14-12-27-32-20(28-15-1-2-15)10-16(29-21(14)32)18-3-4-19(36-18)23(34)26-11-13-5-7-25-8-6-13/h3-10,12,15,28H,1-2,11H2,(H,26,34)(H2,30,31,33,35)/b17-9-. The summed E-state index contributed by atoms with van der Waals surface area (Å²) >= 11 is 1.34. The molecule has 0 aromatic carbocycles. The van der Waals surface area contributed by atoms with E-state index in [9.17, 15) is 14.4 Å². The molecule has 0 atom stereocenters. The quantitative estimate of drug-likeness (QED) is 0.226. The summed E-state index contributed by atoms with van der Waals surface area (Å²) in [5.41, 5.74) is 2.86. The number of carbonyl (C=O) groups excluding carboxylic acids is 3. The van der Waals surface area contributed by atoms with Crippen molar-refractivity contribution in [2.45, 2.75) is 25.4 Å². The van der Waals surface area contributed by atoms with Crippen LogP contribution in [0.4, 0.5) is 10.6 Å². The summed E-state index contributed by atoms with van der Waals surface area (Å²) < 4.78 is 1.68. The van der Waals surface area contributed by atoms with E-state index in [4.69, 9.17) is 4.98 Å². The van der Waals surface area contributed by atoms with Gasteiger partial charge < -0.3 is 16.0 Å². The summed E-state index contributed by atoms with van der Waals surface area (Å²) in [6.07, 6.45) is 8.67. The van der Waals surface area contributed by atoms with E-state index in [1.807, 2.05) is 24.3 Å². The van der Waals surface area contributed by atoms with Crippen LogP contribution in [0, 0.1) is 0 Å². The van der Waals surface area contributed by atoms with Crippen molar-refractivity contribution in [3.05, 3.63) is 70.6 Å². The Morgan fingerprint density at radius 3 is 2.75 bits per heavy atom. The van der Waals surface area contributed by atoms with E-state index in [-0.39, 0.29) is 11.6 Å². The van der Waals surface area contributed by atoms with Crippen molar-refractivity contribution in [3.8, 4) is 10.6 Å². The lowest BCUT2D eigenvalue weighted by molar-refractivity contribution is -0.115. The summed E-state index contributed by atoms with van der Waals surface area (Å²) in [5.74, 6) is 0.0879. The number of hydrogen-bond donors (Lipinski definition) is 4. The number of nitrogens with zero attached hydrogens (tertiary/aromatic N) is 4. The lowest BCUT2D eigenvalue weighted by atomic mass is 10.2. The van der Waals surface area contributed by atoms with E-state index in [1.165, 1.54) is 11.3 Å². The minimum atomic E-state index is -0.569. The van der Waals surface area contributed by atoms with Gasteiger partial charge in [-0.05, 0) is 48.7 Å². The third-order valence-electron chi connectivity index (χ3n) is 5.73. The first-order valence-electron chi connectivity index (χ1n) is 11.3. The molecule has 1 saturated carbocycles. The zero-order chi connectivity index (χ0) is 24.6. The largest absolute Gasteiger partial charge is 0.367 e. The molecule has 2 fully saturated rings. The highest BCUT2D eigenvalue weighted by molar-refractivity contribution is 7.17. The molecule has 1 aliphatic heterocycles. The molecule has 6 rings (SSSR count). The van der Waals surface area contributed by atoms with Crippen LogP contribution in [0.3, 0.4) is 0 Å². The molecule has 12 heteroatoms. The molecule has 180 valence electrons. The zero-order valence-electron chi connectivity index (χ0n) is 18.8. The zero-order valence-corrected chi connectivity index (χ0v) is 19.6. The third-order valence-corrected chi connectivity index (χ3v) is 6.84. The third kappa shape index (κ3) is 4.41. The van der Waals surface area contributed by atoms with Crippen molar-refractivity contribution < 1.29 is 14.4 Å². The average Bonchev–Trinajstić information content (AvgIpc) is 3.25. The van der Waals surface area contributed by atoms with E-state index in [2.05, 4.69) is 31.3 Å². The van der Waals surface area contributed by atoms with E-state index in [0.29, 0.717) is 34.4 Å². The Balaban J connectivity index is 1.32. The molecule has 4 N–H and O–H groups in total. The number of fused-ring (bicyclic) bond motifs is 1. The molecule has 0 radical (unpaired) electrons. The minimum Gasteiger partial charge on any atom is -0.367 e. The first-order chi connectivity index (χ1) is 17.5. The second kappa shape index (κ2) is 8.89. The number of imide groups is 1. The molecule has 5 heterocycles.